The Hall–Kier alpha value is -2.50. The first-order chi connectivity index (χ1) is 15.4. The number of aromatic amines is 1. The zero-order valence-electron chi connectivity index (χ0n) is 17.6. The van der Waals surface area contributed by atoms with Crippen LogP contribution in [0.1, 0.15) is 31.0 Å². The van der Waals surface area contributed by atoms with Crippen molar-refractivity contribution in [3.8, 4) is 5.13 Å². The van der Waals surface area contributed by atoms with E-state index in [9.17, 15) is 18.0 Å². The highest BCUT2D eigenvalue weighted by Crippen LogP contribution is 2.31. The minimum absolute atomic E-state index is 0.153. The summed E-state index contributed by atoms with van der Waals surface area (Å²) >= 11 is 1.15. The maximum atomic E-state index is 13.8. The molecule has 0 unspecified atom stereocenters. The molecule has 0 spiro atoms. The number of aromatic nitrogens is 3. The first-order valence-electron chi connectivity index (χ1n) is 10.5. The quantitative estimate of drug-likeness (QED) is 0.425. The number of H-pyrrole nitrogens is 1. The summed E-state index contributed by atoms with van der Waals surface area (Å²) in [6.45, 7) is 5.90. The number of thiazole rings is 1. The molecule has 1 saturated heterocycles. The van der Waals surface area contributed by atoms with E-state index in [4.69, 9.17) is 4.74 Å². The molecular weight excluding hydrogens is 443 g/mol. The maximum Gasteiger partial charge on any atom is 0.433 e. The highest BCUT2D eigenvalue weighted by atomic mass is 32.1. The predicted molar refractivity (Wildman–Crippen MR) is 118 cm³/mol. The lowest BCUT2D eigenvalue weighted by Crippen LogP contribution is -2.37. The third kappa shape index (κ3) is 4.79. The fourth-order valence-corrected chi connectivity index (χ4v) is 4.63. The molecular formula is C21H24F3N5O2S. The van der Waals surface area contributed by atoms with Crippen LogP contribution in [-0.2, 0) is 10.9 Å². The number of halogens is 3. The van der Waals surface area contributed by atoms with Gasteiger partial charge in [0.15, 0.2) is 5.69 Å². The average Bonchev–Trinajstić information content (AvgIpc) is 3.35. The number of benzene rings is 1. The van der Waals surface area contributed by atoms with Crippen molar-refractivity contribution in [3.05, 3.63) is 45.9 Å². The number of para-hydroxylation sites is 1. The van der Waals surface area contributed by atoms with E-state index >= 15 is 0 Å². The molecule has 0 atom stereocenters. The molecule has 0 aliphatic carbocycles. The van der Waals surface area contributed by atoms with Gasteiger partial charge in [-0.25, -0.2) is 4.98 Å². The van der Waals surface area contributed by atoms with Crippen LogP contribution in [0.15, 0.2) is 34.1 Å². The number of aliphatic imine (C=N–C) groups is 1. The van der Waals surface area contributed by atoms with Crippen molar-refractivity contribution in [2.75, 3.05) is 39.4 Å². The second-order valence-corrected chi connectivity index (χ2v) is 8.46. The van der Waals surface area contributed by atoms with E-state index < -0.39 is 23.0 Å². The second kappa shape index (κ2) is 9.55. The molecule has 0 saturated carbocycles. The number of ether oxygens (including phenoxy) is 1. The van der Waals surface area contributed by atoms with Crippen molar-refractivity contribution in [3.63, 3.8) is 0 Å². The lowest BCUT2D eigenvalue weighted by molar-refractivity contribution is -0.141. The summed E-state index contributed by atoms with van der Waals surface area (Å²) < 4.78 is 48.4. The molecule has 11 heteroatoms. The van der Waals surface area contributed by atoms with Gasteiger partial charge in [-0.15, -0.1) is 0 Å². The molecule has 172 valence electrons. The van der Waals surface area contributed by atoms with Gasteiger partial charge in [0.05, 0.1) is 29.0 Å². The van der Waals surface area contributed by atoms with Crippen LogP contribution in [0.4, 0.5) is 13.2 Å². The molecule has 0 radical (unpaired) electrons. The molecule has 1 fully saturated rings. The Labute approximate surface area is 186 Å². The molecule has 7 nitrogen and oxygen atoms in total. The largest absolute Gasteiger partial charge is 0.433 e. The summed E-state index contributed by atoms with van der Waals surface area (Å²) in [5.74, 6) is 0. The van der Waals surface area contributed by atoms with E-state index in [1.165, 1.54) is 0 Å². The standard InChI is InChI=1S/C21H24F3N5O2S/c1-2-14(25-8-5-9-28-10-12-31-13-11-28)17-18(21(22,23)24)27-29(19(17)30)20-26-15-6-3-4-7-16(15)32-20/h3-4,6-7,27H,2,5,8-13H2,1H3. The Morgan fingerprint density at radius 2 is 2.03 bits per heavy atom. The van der Waals surface area contributed by atoms with Crippen LogP contribution in [0.5, 0.6) is 0 Å². The number of hydrogen-bond donors (Lipinski definition) is 1. The van der Waals surface area contributed by atoms with E-state index in [1.54, 1.807) is 19.1 Å². The summed E-state index contributed by atoms with van der Waals surface area (Å²) in [5, 5.41) is 2.41. The van der Waals surface area contributed by atoms with E-state index in [0.29, 0.717) is 31.7 Å². The number of nitrogens with zero attached hydrogens (tertiary/aromatic N) is 4. The summed E-state index contributed by atoms with van der Waals surface area (Å²) in [5.41, 5.74) is -1.52. The third-order valence-corrected chi connectivity index (χ3v) is 6.33. The molecule has 0 bridgehead atoms. The van der Waals surface area contributed by atoms with Crippen LogP contribution >= 0.6 is 11.3 Å². The molecule has 1 aliphatic heterocycles. The number of hydrogen-bond acceptors (Lipinski definition) is 6. The van der Waals surface area contributed by atoms with E-state index in [2.05, 4.69) is 20.0 Å². The molecule has 4 rings (SSSR count). The summed E-state index contributed by atoms with van der Waals surface area (Å²) in [6, 6.07) is 7.16. The average molecular weight is 468 g/mol. The third-order valence-electron chi connectivity index (χ3n) is 5.31. The van der Waals surface area contributed by atoms with E-state index in [1.807, 2.05) is 12.1 Å². The fourth-order valence-electron chi connectivity index (χ4n) is 3.70. The Balaban J connectivity index is 1.64. The lowest BCUT2D eigenvalue weighted by atomic mass is 10.1. The highest BCUT2D eigenvalue weighted by molar-refractivity contribution is 7.20. The number of rotatable bonds is 7. The number of morpholine rings is 1. The van der Waals surface area contributed by atoms with Crippen LogP contribution in [0.2, 0.25) is 0 Å². The molecule has 2 aromatic heterocycles. The fraction of sp³-hybridized carbons (Fsp3) is 0.476. The zero-order chi connectivity index (χ0) is 22.7. The normalized spacial score (nSPS) is 16.2. The van der Waals surface area contributed by atoms with Crippen molar-refractivity contribution >= 4 is 27.3 Å². The molecule has 1 N–H and O–H groups in total. The van der Waals surface area contributed by atoms with Gasteiger partial charge in [0.1, 0.15) is 0 Å². The second-order valence-electron chi connectivity index (χ2n) is 7.45. The Kier molecular flexibility index (Phi) is 6.77. The van der Waals surface area contributed by atoms with Gasteiger partial charge in [0.2, 0.25) is 5.13 Å². The summed E-state index contributed by atoms with van der Waals surface area (Å²) in [7, 11) is 0. The molecule has 3 heterocycles. The van der Waals surface area contributed by atoms with Gasteiger partial charge in [-0.2, -0.15) is 17.9 Å². The zero-order valence-corrected chi connectivity index (χ0v) is 18.4. The molecule has 1 aromatic carbocycles. The first kappa shape index (κ1) is 22.7. The topological polar surface area (TPSA) is 75.5 Å². The minimum atomic E-state index is -4.72. The van der Waals surface area contributed by atoms with Crippen molar-refractivity contribution < 1.29 is 17.9 Å². The number of fused-ring (bicyclic) bond motifs is 1. The highest BCUT2D eigenvalue weighted by Gasteiger charge is 2.39. The van der Waals surface area contributed by atoms with Crippen molar-refractivity contribution in [2.45, 2.75) is 25.9 Å². The van der Waals surface area contributed by atoms with Crippen LogP contribution in [0, 0.1) is 0 Å². The smallest absolute Gasteiger partial charge is 0.379 e. The Morgan fingerprint density at radius 3 is 2.72 bits per heavy atom. The van der Waals surface area contributed by atoms with Crippen LogP contribution in [-0.4, -0.2) is 64.8 Å². The first-order valence-corrected chi connectivity index (χ1v) is 11.3. The van der Waals surface area contributed by atoms with Gasteiger partial charge in [-0.1, -0.05) is 30.4 Å². The van der Waals surface area contributed by atoms with E-state index in [-0.39, 0.29) is 17.3 Å². The SMILES string of the molecule is CCC(=NCCCN1CCOCC1)c1c(C(F)(F)F)[nH]n(-c2nc3ccccc3s2)c1=O. The van der Waals surface area contributed by atoms with Gasteiger partial charge in [0.25, 0.3) is 5.56 Å². The molecule has 1 aliphatic rings. The lowest BCUT2D eigenvalue weighted by Gasteiger charge is -2.26. The predicted octanol–water partition coefficient (Wildman–Crippen LogP) is 3.72. The summed E-state index contributed by atoms with van der Waals surface area (Å²) in [4.78, 5) is 24.0. The summed E-state index contributed by atoms with van der Waals surface area (Å²) in [6.07, 6.45) is -3.81. The molecule has 0 amide bonds. The number of alkyl halides is 3. The Morgan fingerprint density at radius 1 is 1.28 bits per heavy atom. The van der Waals surface area contributed by atoms with Gasteiger partial charge in [-0.3, -0.25) is 19.8 Å². The maximum absolute atomic E-state index is 13.8. The number of nitrogens with one attached hydrogen (secondary N) is 1. The molecule has 32 heavy (non-hydrogen) atoms. The molecule has 3 aromatic rings. The Bertz CT molecular complexity index is 1130. The van der Waals surface area contributed by atoms with Crippen molar-refractivity contribution in [1.29, 1.82) is 0 Å². The monoisotopic (exact) mass is 467 g/mol. The minimum Gasteiger partial charge on any atom is -0.379 e. The van der Waals surface area contributed by atoms with Gasteiger partial charge >= 0.3 is 6.18 Å². The van der Waals surface area contributed by atoms with Gasteiger partial charge in [-0.05, 0) is 25.0 Å². The van der Waals surface area contributed by atoms with Crippen LogP contribution in [0.25, 0.3) is 15.3 Å². The van der Waals surface area contributed by atoms with Crippen LogP contribution in [0.3, 0.4) is 0 Å². The van der Waals surface area contributed by atoms with Gasteiger partial charge in [0, 0.05) is 31.9 Å². The van der Waals surface area contributed by atoms with Gasteiger partial charge < -0.3 is 4.74 Å². The van der Waals surface area contributed by atoms with Crippen LogP contribution < -0.4 is 5.56 Å². The van der Waals surface area contributed by atoms with Crippen molar-refractivity contribution in [2.24, 2.45) is 4.99 Å². The van der Waals surface area contributed by atoms with E-state index in [0.717, 1.165) is 40.4 Å². The van der Waals surface area contributed by atoms with Crippen molar-refractivity contribution in [1.82, 2.24) is 19.7 Å².